The Balaban J connectivity index is 1.17. The smallest absolute Gasteiger partial charge is 0.410 e. The molecule has 4 atom stereocenters. The van der Waals surface area contributed by atoms with Crippen LogP contribution in [0.1, 0.15) is 75.3 Å². The molecule has 3 fully saturated rings. The molecule has 266 valence electrons. The van der Waals surface area contributed by atoms with Crippen molar-refractivity contribution in [3.05, 3.63) is 28.0 Å². The maximum atomic E-state index is 12.7. The maximum absolute atomic E-state index is 12.7. The average molecular weight is 703 g/mol. The van der Waals surface area contributed by atoms with E-state index in [1.165, 1.54) is 6.42 Å². The zero-order chi connectivity index (χ0) is 35.4. The summed E-state index contributed by atoms with van der Waals surface area (Å²) >= 11 is 1.56. The molecule has 0 aromatic carbocycles. The highest BCUT2D eigenvalue weighted by Gasteiger charge is 2.50. The monoisotopic (exact) mass is 702 g/mol. The molecule has 0 N–H and O–H groups in total. The lowest BCUT2D eigenvalue weighted by Gasteiger charge is -2.36. The van der Waals surface area contributed by atoms with Crippen LogP contribution in [0, 0.1) is 17.2 Å². The number of hydrogen-bond donors (Lipinski definition) is 0. The number of likely N-dealkylation sites (N-methyl/N-ethyl adjacent to an activating group) is 1. The van der Waals surface area contributed by atoms with E-state index in [1.54, 1.807) is 22.6 Å². The van der Waals surface area contributed by atoms with Gasteiger partial charge >= 0.3 is 12.1 Å². The molecule has 7 rings (SSSR count). The van der Waals surface area contributed by atoms with Crippen LogP contribution in [0.2, 0.25) is 0 Å². The van der Waals surface area contributed by atoms with E-state index in [9.17, 15) is 10.1 Å². The lowest BCUT2D eigenvalue weighted by Crippen LogP contribution is -2.50. The zero-order valence-electron chi connectivity index (χ0n) is 30.0. The van der Waals surface area contributed by atoms with E-state index in [-0.39, 0.29) is 12.1 Å². The molecule has 5 heterocycles. The van der Waals surface area contributed by atoms with Gasteiger partial charge in [-0.15, -0.1) is 11.3 Å². The number of thiophene rings is 1. The van der Waals surface area contributed by atoms with Crippen LogP contribution >= 0.6 is 11.3 Å². The number of piperazine rings is 1. The number of hydrogen-bond acceptors (Lipinski definition) is 13. The van der Waals surface area contributed by atoms with Crippen LogP contribution < -0.4 is 9.64 Å². The Labute approximate surface area is 297 Å². The zero-order valence-corrected chi connectivity index (χ0v) is 30.8. The van der Waals surface area contributed by atoms with Gasteiger partial charge < -0.3 is 28.7 Å². The number of likely N-dealkylation sites (tertiary alicyclic amines) is 1. The highest BCUT2D eigenvalue weighted by molar-refractivity contribution is 7.16. The number of nitriles is 1. The Morgan fingerprint density at radius 2 is 2.00 bits per heavy atom. The summed E-state index contributed by atoms with van der Waals surface area (Å²) in [5, 5.41) is 15.4. The summed E-state index contributed by atoms with van der Waals surface area (Å²) in [5.74, 6) is 2.19. The molecule has 1 amide bonds. The van der Waals surface area contributed by atoms with E-state index in [4.69, 9.17) is 28.9 Å². The minimum Gasteiger partial charge on any atom is -0.462 e. The highest BCUT2D eigenvalue weighted by Crippen LogP contribution is 2.50. The first-order chi connectivity index (χ1) is 23.8. The topological polar surface area (TPSA) is 149 Å². The predicted molar refractivity (Wildman–Crippen MR) is 189 cm³/mol. The number of aliphatic imine (C=N–C) groups is 1. The van der Waals surface area contributed by atoms with Gasteiger partial charge in [-0.3, -0.25) is 4.90 Å². The van der Waals surface area contributed by atoms with Gasteiger partial charge in [-0.25, -0.2) is 9.79 Å². The number of rotatable bonds is 8. The summed E-state index contributed by atoms with van der Waals surface area (Å²) in [4.78, 5) is 41.1. The van der Waals surface area contributed by atoms with E-state index in [0.717, 1.165) is 42.0 Å². The second kappa shape index (κ2) is 13.1. The molecule has 2 aliphatic heterocycles. The van der Waals surface area contributed by atoms with Crippen molar-refractivity contribution in [1.29, 1.82) is 5.26 Å². The number of anilines is 1. The van der Waals surface area contributed by atoms with Gasteiger partial charge in [0.15, 0.2) is 0 Å². The van der Waals surface area contributed by atoms with Gasteiger partial charge in [-0.1, -0.05) is 5.16 Å². The highest BCUT2D eigenvalue weighted by atomic mass is 32.1. The van der Waals surface area contributed by atoms with E-state index in [1.807, 2.05) is 45.8 Å². The first-order valence-electron chi connectivity index (χ1n) is 17.4. The molecule has 0 bridgehead atoms. The molecule has 14 nitrogen and oxygen atoms in total. The molecule has 4 aliphatic rings. The third kappa shape index (κ3) is 6.75. The van der Waals surface area contributed by atoms with Gasteiger partial charge in [0.05, 0.1) is 17.3 Å². The minimum absolute atomic E-state index is 0.256. The first kappa shape index (κ1) is 34.2. The number of carbonyl (C=O) groups is 1. The van der Waals surface area contributed by atoms with Crippen molar-refractivity contribution < 1.29 is 18.8 Å². The molecule has 2 saturated heterocycles. The Morgan fingerprint density at radius 1 is 1.22 bits per heavy atom. The van der Waals surface area contributed by atoms with Crippen LogP contribution in [0.25, 0.3) is 11.5 Å². The van der Waals surface area contributed by atoms with Crippen LogP contribution in [0.4, 0.5) is 15.6 Å². The molecule has 3 aromatic heterocycles. The van der Waals surface area contributed by atoms with Crippen molar-refractivity contribution in [2.24, 2.45) is 10.9 Å². The number of aryl methyl sites for hydroxylation is 1. The van der Waals surface area contributed by atoms with Gasteiger partial charge in [-0.05, 0) is 72.8 Å². The molecular weight excluding hydrogens is 657 g/mol. The lowest BCUT2D eigenvalue weighted by molar-refractivity contribution is 0.0240. The van der Waals surface area contributed by atoms with Crippen LogP contribution in [0.15, 0.2) is 15.6 Å². The summed E-state index contributed by atoms with van der Waals surface area (Å²) in [5.41, 5.74) is 0.751. The van der Waals surface area contributed by atoms with Gasteiger partial charge in [0.2, 0.25) is 11.7 Å². The van der Waals surface area contributed by atoms with E-state index in [0.29, 0.717) is 78.7 Å². The SMILES string of the molecule is CN(C)/C=N/c1sc2c(c1C#N)[C@@](C)(c1nc(-c3cc(N4CCN(C(=O)OC(C)(C)C)CC4)nc(OC[C@@H]4C[C@@H]5C[C@@H]5N4C)n3)no1)CCC2. The van der Waals surface area contributed by atoms with Crippen molar-refractivity contribution in [3.8, 4) is 23.6 Å². The van der Waals surface area contributed by atoms with Crippen molar-refractivity contribution in [3.63, 3.8) is 0 Å². The van der Waals surface area contributed by atoms with Crippen molar-refractivity contribution in [1.82, 2.24) is 34.8 Å². The first-order valence-corrected chi connectivity index (χ1v) is 18.2. The maximum Gasteiger partial charge on any atom is 0.410 e. The fraction of sp³-hybridized carbons (Fsp3) is 0.629. The van der Waals surface area contributed by atoms with Crippen molar-refractivity contribution >= 4 is 34.6 Å². The van der Waals surface area contributed by atoms with Crippen LogP contribution in [0.3, 0.4) is 0 Å². The van der Waals surface area contributed by atoms with Gasteiger partial charge in [-0.2, -0.15) is 20.2 Å². The van der Waals surface area contributed by atoms with Crippen LogP contribution in [0.5, 0.6) is 6.01 Å². The molecule has 0 radical (unpaired) electrons. The number of fused-ring (bicyclic) bond motifs is 2. The molecule has 0 unspecified atom stereocenters. The van der Waals surface area contributed by atoms with E-state index < -0.39 is 11.0 Å². The quantitative estimate of drug-likeness (QED) is 0.233. The minimum atomic E-state index is -0.659. The number of aromatic nitrogens is 4. The Kier molecular flexibility index (Phi) is 8.96. The molecule has 2 aliphatic carbocycles. The van der Waals surface area contributed by atoms with Crippen LogP contribution in [-0.2, 0) is 16.6 Å². The fourth-order valence-corrected chi connectivity index (χ4v) is 8.66. The average Bonchev–Trinajstić information content (AvgIpc) is 3.37. The Morgan fingerprint density at radius 3 is 2.68 bits per heavy atom. The van der Waals surface area contributed by atoms with E-state index in [2.05, 4.69) is 40.0 Å². The largest absolute Gasteiger partial charge is 0.462 e. The Hall–Kier alpha value is -4.29. The molecule has 50 heavy (non-hydrogen) atoms. The molecular formula is C35H46N10O4S. The number of ether oxygens (including phenoxy) is 2. The Bertz CT molecular complexity index is 1820. The second-order valence-corrected chi connectivity index (χ2v) is 16.4. The third-order valence-electron chi connectivity index (χ3n) is 10.2. The van der Waals surface area contributed by atoms with E-state index >= 15 is 0 Å². The number of carbonyl (C=O) groups excluding carboxylic acids is 1. The summed E-state index contributed by atoms with van der Waals surface area (Å²) in [7, 11) is 5.97. The van der Waals surface area contributed by atoms with Crippen molar-refractivity contribution in [2.75, 3.05) is 58.8 Å². The second-order valence-electron chi connectivity index (χ2n) is 15.3. The summed E-state index contributed by atoms with van der Waals surface area (Å²) in [6.07, 6.45) is 6.34. The molecule has 1 saturated carbocycles. The molecule has 15 heteroatoms. The lowest BCUT2D eigenvalue weighted by atomic mass is 9.72. The normalized spacial score (nSPS) is 25.0. The van der Waals surface area contributed by atoms with Crippen LogP contribution in [-0.4, -0.2) is 119 Å². The van der Waals surface area contributed by atoms with Gasteiger partial charge in [0.25, 0.3) is 0 Å². The number of amides is 1. The van der Waals surface area contributed by atoms with Gasteiger partial charge in [0.1, 0.15) is 34.8 Å². The molecule has 3 aromatic rings. The fourth-order valence-electron chi connectivity index (χ4n) is 7.41. The van der Waals surface area contributed by atoms with Gasteiger partial charge in [0, 0.05) is 68.9 Å². The number of piperidine rings is 1. The molecule has 0 spiro atoms. The number of nitrogens with zero attached hydrogens (tertiary/aromatic N) is 10. The summed E-state index contributed by atoms with van der Waals surface area (Å²) < 4.78 is 17.9. The summed E-state index contributed by atoms with van der Waals surface area (Å²) in [6, 6.07) is 5.51. The summed E-state index contributed by atoms with van der Waals surface area (Å²) in [6.45, 7) is 10.3. The predicted octanol–water partition coefficient (Wildman–Crippen LogP) is 4.85. The third-order valence-corrected chi connectivity index (χ3v) is 11.3. The van der Waals surface area contributed by atoms with Crippen molar-refractivity contribution in [2.45, 2.75) is 82.9 Å². The standard InChI is InChI=1S/C35H46N10O4S/c1-34(2,3)48-33(46)45-13-11-44(12-14-45)27-17-24(38-32(39-27)47-19-22-15-21-16-25(21)43(22)7)29-40-31(49-41-29)35(4)10-8-9-26-28(35)23(18-36)30(50-26)37-20-42(5)6/h17,20-22,25H,8-16,19H2,1-7H3/b37-20+/t21-,22+,25+,35+/m1/s1.